The van der Waals surface area contributed by atoms with E-state index in [4.69, 9.17) is 0 Å². The van der Waals surface area contributed by atoms with Gasteiger partial charge in [-0.1, -0.05) is 13.8 Å². The van der Waals surface area contributed by atoms with Gasteiger partial charge in [-0.2, -0.15) is 0 Å². The van der Waals surface area contributed by atoms with Gasteiger partial charge in [-0.3, -0.25) is 9.59 Å². The van der Waals surface area contributed by atoms with E-state index in [2.05, 4.69) is 5.32 Å². The largest absolute Gasteiger partial charge is 0.343 e. The number of nitrogens with one attached hydrogen (secondary N) is 1. The van der Waals surface area contributed by atoms with Crippen molar-refractivity contribution in [1.82, 2.24) is 10.2 Å². The maximum atomic E-state index is 12.6. The zero-order valence-corrected chi connectivity index (χ0v) is 13.0. The van der Waals surface area contributed by atoms with E-state index >= 15 is 0 Å². The summed E-state index contributed by atoms with van der Waals surface area (Å²) in [5.41, 5.74) is -0.762. The Bertz CT molecular complexity index is 530. The molecule has 3 atom stereocenters. The van der Waals surface area contributed by atoms with Crippen LogP contribution in [0.25, 0.3) is 0 Å². The van der Waals surface area contributed by atoms with Crippen LogP contribution in [0.4, 0.5) is 0 Å². The van der Waals surface area contributed by atoms with E-state index in [1.807, 2.05) is 13.8 Å². The molecule has 2 aliphatic rings. The molecule has 2 heterocycles. The third-order valence-corrected chi connectivity index (χ3v) is 6.21. The summed E-state index contributed by atoms with van der Waals surface area (Å²) < 4.78 is 23.6. The summed E-state index contributed by atoms with van der Waals surface area (Å²) in [6.45, 7) is 5.45. The van der Waals surface area contributed by atoms with Gasteiger partial charge in [0.15, 0.2) is 9.84 Å². The molecule has 6 nitrogen and oxygen atoms in total. The molecule has 0 bridgehead atoms. The lowest BCUT2D eigenvalue weighted by Gasteiger charge is -2.47. The van der Waals surface area contributed by atoms with Gasteiger partial charge in [-0.25, -0.2) is 8.42 Å². The van der Waals surface area contributed by atoms with Crippen LogP contribution in [-0.4, -0.2) is 54.3 Å². The number of sulfone groups is 1. The Labute approximate surface area is 119 Å². The van der Waals surface area contributed by atoms with Crippen LogP contribution in [0.5, 0.6) is 0 Å². The number of piperazine rings is 1. The highest BCUT2D eigenvalue weighted by Gasteiger charge is 2.52. The van der Waals surface area contributed by atoms with E-state index in [0.717, 1.165) is 0 Å². The van der Waals surface area contributed by atoms with Crippen LogP contribution in [0.2, 0.25) is 0 Å². The third-order valence-electron chi connectivity index (χ3n) is 4.33. The van der Waals surface area contributed by atoms with E-state index in [9.17, 15) is 18.0 Å². The summed E-state index contributed by atoms with van der Waals surface area (Å²) >= 11 is 0. The maximum absolute atomic E-state index is 12.6. The second-order valence-corrected chi connectivity index (χ2v) is 8.12. The van der Waals surface area contributed by atoms with E-state index in [0.29, 0.717) is 19.3 Å². The Morgan fingerprint density at radius 2 is 1.95 bits per heavy atom. The molecular weight excluding hydrogens is 280 g/mol. The molecule has 0 aromatic heterocycles. The van der Waals surface area contributed by atoms with Crippen molar-refractivity contribution >= 4 is 21.7 Å². The molecule has 2 fully saturated rings. The fourth-order valence-electron chi connectivity index (χ4n) is 3.24. The zero-order valence-electron chi connectivity index (χ0n) is 12.2. The number of carbonyl (C=O) groups excluding carboxylic acids is 2. The third kappa shape index (κ3) is 2.43. The Morgan fingerprint density at radius 1 is 1.30 bits per heavy atom. The van der Waals surface area contributed by atoms with Gasteiger partial charge in [0, 0.05) is 0 Å². The summed E-state index contributed by atoms with van der Waals surface area (Å²) in [6.07, 6.45) is 1.41. The van der Waals surface area contributed by atoms with E-state index in [-0.39, 0.29) is 23.3 Å². The molecule has 114 valence electrons. The molecule has 2 amide bonds. The van der Waals surface area contributed by atoms with Crippen LogP contribution in [0.1, 0.15) is 40.0 Å². The summed E-state index contributed by atoms with van der Waals surface area (Å²) in [7, 11) is -3.13. The first-order valence-corrected chi connectivity index (χ1v) is 8.90. The average Bonchev–Trinajstić information content (AvgIpc) is 2.66. The first-order valence-electron chi connectivity index (χ1n) is 7.08. The van der Waals surface area contributed by atoms with Gasteiger partial charge in [0.05, 0.1) is 17.0 Å². The van der Waals surface area contributed by atoms with Gasteiger partial charge in [0.25, 0.3) is 0 Å². The van der Waals surface area contributed by atoms with Crippen molar-refractivity contribution in [1.29, 1.82) is 0 Å². The van der Waals surface area contributed by atoms with Crippen molar-refractivity contribution in [2.24, 2.45) is 0 Å². The molecule has 2 saturated heterocycles. The number of amides is 2. The van der Waals surface area contributed by atoms with Crippen molar-refractivity contribution in [3.8, 4) is 0 Å². The molecule has 0 spiro atoms. The number of carbonyl (C=O) groups is 2. The molecule has 0 aromatic carbocycles. The first-order chi connectivity index (χ1) is 9.24. The van der Waals surface area contributed by atoms with Gasteiger partial charge < -0.3 is 10.2 Å². The second kappa shape index (κ2) is 5.02. The van der Waals surface area contributed by atoms with Crippen molar-refractivity contribution in [2.75, 3.05) is 11.5 Å². The fraction of sp³-hybridized carbons (Fsp3) is 0.846. The molecule has 0 aromatic rings. The van der Waals surface area contributed by atoms with Crippen LogP contribution >= 0.6 is 0 Å². The lowest BCUT2D eigenvalue weighted by atomic mass is 9.91. The number of hydrogen-bond donors (Lipinski definition) is 1. The monoisotopic (exact) mass is 302 g/mol. The maximum Gasteiger partial charge on any atom is 0.246 e. The fourth-order valence-corrected chi connectivity index (χ4v) is 5.36. The highest BCUT2D eigenvalue weighted by molar-refractivity contribution is 7.91. The summed E-state index contributed by atoms with van der Waals surface area (Å²) in [6, 6.07) is -1.10. The van der Waals surface area contributed by atoms with Gasteiger partial charge in [0.2, 0.25) is 11.8 Å². The predicted octanol–water partition coefficient (Wildman–Crippen LogP) is 0.0792. The minimum absolute atomic E-state index is 0.0496. The summed E-state index contributed by atoms with van der Waals surface area (Å²) in [4.78, 5) is 26.3. The van der Waals surface area contributed by atoms with Gasteiger partial charge in [0.1, 0.15) is 12.1 Å². The second-order valence-electron chi connectivity index (χ2n) is 5.94. The molecule has 0 saturated carbocycles. The Hall–Kier alpha value is -1.11. The van der Waals surface area contributed by atoms with Crippen LogP contribution in [0.3, 0.4) is 0 Å². The Kier molecular flexibility index (Phi) is 3.83. The smallest absolute Gasteiger partial charge is 0.246 e. The number of hydrogen-bond acceptors (Lipinski definition) is 4. The average molecular weight is 302 g/mol. The van der Waals surface area contributed by atoms with Crippen LogP contribution in [0, 0.1) is 0 Å². The van der Waals surface area contributed by atoms with Crippen LogP contribution in [0.15, 0.2) is 0 Å². The van der Waals surface area contributed by atoms with E-state index < -0.39 is 27.5 Å². The van der Waals surface area contributed by atoms with Crippen molar-refractivity contribution < 1.29 is 18.0 Å². The molecular formula is C13H22N2O4S. The minimum atomic E-state index is -3.13. The highest BCUT2D eigenvalue weighted by atomic mass is 32.2. The van der Waals surface area contributed by atoms with E-state index in [1.54, 1.807) is 11.8 Å². The Morgan fingerprint density at radius 3 is 2.40 bits per heavy atom. The summed E-state index contributed by atoms with van der Waals surface area (Å²) in [5, 5.41) is 2.73. The normalized spacial score (nSPS) is 37.0. The summed E-state index contributed by atoms with van der Waals surface area (Å²) in [5.74, 6) is -0.295. The number of nitrogens with zero attached hydrogens (tertiary/aromatic N) is 1. The van der Waals surface area contributed by atoms with Crippen LogP contribution in [-0.2, 0) is 19.4 Å². The van der Waals surface area contributed by atoms with Crippen molar-refractivity contribution in [3.63, 3.8) is 0 Å². The van der Waals surface area contributed by atoms with Gasteiger partial charge in [-0.15, -0.1) is 0 Å². The first kappa shape index (κ1) is 15.3. The van der Waals surface area contributed by atoms with Crippen molar-refractivity contribution in [2.45, 2.75) is 57.7 Å². The Balaban J connectivity index is 2.39. The molecule has 2 aliphatic heterocycles. The predicted molar refractivity (Wildman–Crippen MR) is 74.8 cm³/mol. The van der Waals surface area contributed by atoms with Crippen molar-refractivity contribution in [3.05, 3.63) is 0 Å². The zero-order chi connectivity index (χ0) is 15.1. The van der Waals surface area contributed by atoms with Gasteiger partial charge in [-0.05, 0) is 26.2 Å². The molecule has 1 N–H and O–H groups in total. The SMILES string of the molecule is CCC1NC(=O)C(CC)N(C2(C)CCS(=O)(=O)C2)C1=O. The van der Waals surface area contributed by atoms with Gasteiger partial charge >= 0.3 is 0 Å². The number of rotatable bonds is 3. The molecule has 2 rings (SSSR count). The molecule has 3 unspecified atom stereocenters. The molecule has 0 radical (unpaired) electrons. The minimum Gasteiger partial charge on any atom is -0.343 e. The molecule has 0 aliphatic carbocycles. The molecule has 7 heteroatoms. The lowest BCUT2D eigenvalue weighted by Crippen LogP contribution is -2.69. The standard InChI is InChI=1S/C13H22N2O4S/c1-4-9-12(17)15(10(5-2)11(16)14-9)13(3)6-7-20(18,19)8-13/h9-10H,4-8H2,1-3H3,(H,14,16). The lowest BCUT2D eigenvalue weighted by molar-refractivity contribution is -0.155. The van der Waals surface area contributed by atoms with E-state index in [1.165, 1.54) is 0 Å². The molecule has 20 heavy (non-hydrogen) atoms. The highest BCUT2D eigenvalue weighted by Crippen LogP contribution is 2.34. The topological polar surface area (TPSA) is 83.6 Å². The quantitative estimate of drug-likeness (QED) is 0.800. The van der Waals surface area contributed by atoms with Crippen LogP contribution < -0.4 is 5.32 Å².